The first kappa shape index (κ1) is 18.9. The van der Waals surface area contributed by atoms with Crippen molar-refractivity contribution in [2.75, 3.05) is 0 Å². The highest BCUT2D eigenvalue weighted by Gasteiger charge is 2.33. The Morgan fingerprint density at radius 2 is 1.70 bits per heavy atom. The van der Waals surface area contributed by atoms with Crippen LogP contribution in [0.25, 0.3) is 16.8 Å². The van der Waals surface area contributed by atoms with Gasteiger partial charge in [0.1, 0.15) is 17.4 Å². The summed E-state index contributed by atoms with van der Waals surface area (Å²) in [6.07, 6.45) is 5.43. The molecule has 0 saturated heterocycles. The summed E-state index contributed by atoms with van der Waals surface area (Å²) >= 11 is 0. The van der Waals surface area contributed by atoms with Gasteiger partial charge in [0.2, 0.25) is 0 Å². The number of nitrogens with zero attached hydrogens (tertiary/aromatic N) is 4. The highest BCUT2D eigenvalue weighted by atomic mass is 16.5. The van der Waals surface area contributed by atoms with Gasteiger partial charge in [0, 0.05) is 29.7 Å². The highest BCUT2D eigenvalue weighted by molar-refractivity contribution is 5.64. The third-order valence-corrected chi connectivity index (χ3v) is 5.68. The van der Waals surface area contributed by atoms with Gasteiger partial charge in [-0.15, -0.1) is 0 Å². The third kappa shape index (κ3) is 3.00. The second kappa shape index (κ2) is 6.72. The van der Waals surface area contributed by atoms with E-state index in [0.717, 1.165) is 28.2 Å². The molecule has 2 atom stereocenters. The van der Waals surface area contributed by atoms with E-state index in [9.17, 15) is 5.11 Å². The number of fused-ring (bicyclic) bond motifs is 2. The first-order valence-corrected chi connectivity index (χ1v) is 10.1. The minimum atomic E-state index is -1.07. The van der Waals surface area contributed by atoms with Gasteiger partial charge in [0.25, 0.3) is 0 Å². The molecule has 3 aromatic heterocycles. The molecule has 1 aliphatic heterocycles. The van der Waals surface area contributed by atoms with Crippen molar-refractivity contribution in [1.82, 2.24) is 19.4 Å². The number of ether oxygens (including phenoxy) is 1. The predicted octanol–water partition coefficient (Wildman–Crippen LogP) is 4.51. The van der Waals surface area contributed by atoms with Crippen molar-refractivity contribution in [3.63, 3.8) is 0 Å². The Morgan fingerprint density at radius 1 is 1.00 bits per heavy atom. The van der Waals surface area contributed by atoms with E-state index in [1.54, 1.807) is 26.2 Å². The molecule has 0 radical (unpaired) electrons. The Labute approximate surface area is 175 Å². The summed E-state index contributed by atoms with van der Waals surface area (Å²) in [7, 11) is 0. The second-order valence-electron chi connectivity index (χ2n) is 8.37. The van der Waals surface area contributed by atoms with Crippen molar-refractivity contribution >= 4 is 5.65 Å². The lowest BCUT2D eigenvalue weighted by Gasteiger charge is -2.16. The molecule has 0 amide bonds. The Kier molecular flexibility index (Phi) is 4.24. The Hall–Kier alpha value is -3.09. The van der Waals surface area contributed by atoms with Crippen LogP contribution in [0.15, 0.2) is 55.0 Å². The van der Waals surface area contributed by atoms with E-state index in [1.807, 2.05) is 19.1 Å². The lowest BCUT2D eigenvalue weighted by molar-refractivity contribution is 0.0424. The zero-order valence-corrected chi connectivity index (χ0v) is 17.5. The highest BCUT2D eigenvalue weighted by Crippen LogP contribution is 2.43. The quantitative estimate of drug-likeness (QED) is 0.548. The van der Waals surface area contributed by atoms with Gasteiger partial charge >= 0.3 is 0 Å². The lowest BCUT2D eigenvalue weighted by atomic mass is 10.00. The molecule has 1 aliphatic rings. The van der Waals surface area contributed by atoms with E-state index in [0.29, 0.717) is 5.82 Å². The summed E-state index contributed by atoms with van der Waals surface area (Å²) < 4.78 is 8.46. The number of aliphatic hydroxyl groups is 1. The van der Waals surface area contributed by atoms with Crippen LogP contribution in [-0.4, -0.2) is 24.5 Å². The molecule has 1 N–H and O–H groups in total. The summed E-state index contributed by atoms with van der Waals surface area (Å²) in [6.45, 7) is 7.46. The van der Waals surface area contributed by atoms with E-state index >= 15 is 0 Å². The van der Waals surface area contributed by atoms with Crippen molar-refractivity contribution in [2.45, 2.75) is 45.5 Å². The van der Waals surface area contributed by atoms with Gasteiger partial charge in [-0.25, -0.2) is 15.0 Å². The van der Waals surface area contributed by atoms with Crippen LogP contribution in [0.3, 0.4) is 0 Å². The monoisotopic (exact) mass is 400 g/mol. The molecule has 152 valence electrons. The molecule has 30 heavy (non-hydrogen) atoms. The van der Waals surface area contributed by atoms with Gasteiger partial charge in [-0.3, -0.25) is 0 Å². The molecule has 0 aliphatic carbocycles. The molecule has 5 rings (SSSR count). The van der Waals surface area contributed by atoms with Crippen LogP contribution in [0.5, 0.6) is 0 Å². The maximum Gasteiger partial charge on any atom is 0.159 e. The first-order chi connectivity index (χ1) is 14.3. The van der Waals surface area contributed by atoms with Crippen molar-refractivity contribution in [3.05, 3.63) is 83.3 Å². The molecule has 0 bridgehead atoms. The SMILES string of the molecule is Cc1nc2ccc(-c3cnc(C(C)(C)O)nc3)cn2c1[C@@H]1O[C@@H](C)c2ccccc21. The van der Waals surface area contributed by atoms with Crippen LogP contribution < -0.4 is 0 Å². The van der Waals surface area contributed by atoms with Gasteiger partial charge in [0.05, 0.1) is 17.5 Å². The average Bonchev–Trinajstić information content (AvgIpc) is 3.23. The van der Waals surface area contributed by atoms with Crippen molar-refractivity contribution in [2.24, 2.45) is 0 Å². The number of rotatable bonds is 3. The molecular weight excluding hydrogens is 376 g/mol. The molecule has 0 spiro atoms. The third-order valence-electron chi connectivity index (χ3n) is 5.68. The van der Waals surface area contributed by atoms with Gasteiger partial charge in [-0.05, 0) is 51.0 Å². The smallest absolute Gasteiger partial charge is 0.159 e. The van der Waals surface area contributed by atoms with E-state index < -0.39 is 5.60 Å². The maximum atomic E-state index is 10.1. The summed E-state index contributed by atoms with van der Waals surface area (Å²) in [6, 6.07) is 12.4. The summed E-state index contributed by atoms with van der Waals surface area (Å²) in [4.78, 5) is 13.4. The van der Waals surface area contributed by atoms with E-state index in [2.05, 4.69) is 51.8 Å². The van der Waals surface area contributed by atoms with Crippen LogP contribution in [0.1, 0.15) is 61.3 Å². The average molecular weight is 400 g/mol. The Morgan fingerprint density at radius 3 is 2.40 bits per heavy atom. The fourth-order valence-corrected chi connectivity index (χ4v) is 4.14. The first-order valence-electron chi connectivity index (χ1n) is 10.1. The van der Waals surface area contributed by atoms with Crippen molar-refractivity contribution < 1.29 is 9.84 Å². The van der Waals surface area contributed by atoms with E-state index in [-0.39, 0.29) is 12.2 Å². The normalized spacial score (nSPS) is 18.7. The molecule has 4 heterocycles. The molecule has 0 fully saturated rings. The topological polar surface area (TPSA) is 72.5 Å². The molecule has 6 nitrogen and oxygen atoms in total. The molecule has 6 heteroatoms. The van der Waals surface area contributed by atoms with Crippen LogP contribution in [0.2, 0.25) is 0 Å². The minimum absolute atomic E-state index is 0.0436. The summed E-state index contributed by atoms with van der Waals surface area (Å²) in [5.74, 6) is 0.399. The molecule has 0 unspecified atom stereocenters. The molecule has 4 aromatic rings. The van der Waals surface area contributed by atoms with Crippen LogP contribution in [-0.2, 0) is 10.3 Å². The molecule has 0 saturated carbocycles. The number of pyridine rings is 1. The van der Waals surface area contributed by atoms with Gasteiger partial charge < -0.3 is 14.2 Å². The van der Waals surface area contributed by atoms with E-state index in [1.165, 1.54) is 11.1 Å². The number of hydrogen-bond acceptors (Lipinski definition) is 5. The standard InChI is InChI=1S/C24H24N4O2/c1-14-21(22-19-8-6-5-7-18(19)15(2)30-22)28-13-16(9-10-20(28)27-14)17-11-25-23(26-12-17)24(3,4)29/h5-13,15,22,29H,1-4H3/t15-,22+/m0/s1. The number of imidazole rings is 1. The Bertz CT molecular complexity index is 1240. The fraction of sp³-hybridized carbons (Fsp3) is 0.292. The minimum Gasteiger partial charge on any atom is -0.382 e. The van der Waals surface area contributed by atoms with Crippen molar-refractivity contribution in [3.8, 4) is 11.1 Å². The zero-order chi connectivity index (χ0) is 21.0. The largest absolute Gasteiger partial charge is 0.382 e. The molecular formula is C24H24N4O2. The second-order valence-corrected chi connectivity index (χ2v) is 8.37. The van der Waals surface area contributed by atoms with Crippen molar-refractivity contribution in [1.29, 1.82) is 0 Å². The zero-order valence-electron chi connectivity index (χ0n) is 17.5. The van der Waals surface area contributed by atoms with E-state index in [4.69, 9.17) is 9.72 Å². The maximum absolute atomic E-state index is 10.1. The Balaban J connectivity index is 1.61. The number of aryl methyl sites for hydroxylation is 1. The van der Waals surface area contributed by atoms with Crippen LogP contribution >= 0.6 is 0 Å². The summed E-state index contributed by atoms with van der Waals surface area (Å²) in [5, 5.41) is 10.1. The summed E-state index contributed by atoms with van der Waals surface area (Å²) in [5.41, 5.74) is 6.07. The number of hydrogen-bond donors (Lipinski definition) is 1. The number of benzene rings is 1. The lowest BCUT2D eigenvalue weighted by Crippen LogP contribution is -2.19. The van der Waals surface area contributed by atoms with Gasteiger partial charge in [-0.1, -0.05) is 24.3 Å². The fourth-order valence-electron chi connectivity index (χ4n) is 4.14. The predicted molar refractivity (Wildman–Crippen MR) is 114 cm³/mol. The number of aromatic nitrogens is 4. The van der Waals surface area contributed by atoms with Gasteiger partial charge in [0.15, 0.2) is 5.82 Å². The van der Waals surface area contributed by atoms with Crippen LogP contribution in [0.4, 0.5) is 0 Å². The molecule has 1 aromatic carbocycles. The van der Waals surface area contributed by atoms with Crippen LogP contribution in [0, 0.1) is 6.92 Å². The van der Waals surface area contributed by atoms with Gasteiger partial charge in [-0.2, -0.15) is 0 Å².